The summed E-state index contributed by atoms with van der Waals surface area (Å²) in [5, 5.41) is 0.0888. The third-order valence-corrected chi connectivity index (χ3v) is 3.78. The predicted octanol–water partition coefficient (Wildman–Crippen LogP) is 5.00. The molecule has 1 aromatic rings. The van der Waals surface area contributed by atoms with Gasteiger partial charge in [0.15, 0.2) is 0 Å². The summed E-state index contributed by atoms with van der Waals surface area (Å²) in [6.07, 6.45) is -0.124. The Bertz CT molecular complexity index is 538. The molecule has 0 spiro atoms. The topological polar surface area (TPSA) is 29.5 Å². The fourth-order valence-corrected chi connectivity index (χ4v) is 2.60. The lowest BCUT2D eigenvalue weighted by Crippen LogP contribution is -2.38. The zero-order chi connectivity index (χ0) is 18.3. The van der Waals surface area contributed by atoms with Gasteiger partial charge in [0, 0.05) is 24.0 Å². The van der Waals surface area contributed by atoms with Crippen LogP contribution in [0.2, 0.25) is 0 Å². The van der Waals surface area contributed by atoms with Crippen molar-refractivity contribution in [2.45, 2.75) is 44.5 Å². The van der Waals surface area contributed by atoms with Crippen LogP contribution in [-0.2, 0) is 16.5 Å². The molecule has 7 heteroatoms. The van der Waals surface area contributed by atoms with Gasteiger partial charge in [-0.2, -0.15) is 0 Å². The Morgan fingerprint density at radius 3 is 2.25 bits per heavy atom. The van der Waals surface area contributed by atoms with Gasteiger partial charge in [-0.05, 0) is 51.3 Å². The number of alkyl halides is 2. The van der Waals surface area contributed by atoms with Gasteiger partial charge in [-0.1, -0.05) is 15.9 Å². The number of halogens is 4. The SMILES string of the molecule is CC(C)(C)OC(=O)N(CCCF)CCc1cc(F)c(CBr)c(F)c1. The average molecular weight is 410 g/mol. The van der Waals surface area contributed by atoms with Crippen LogP contribution in [0.25, 0.3) is 0 Å². The predicted molar refractivity (Wildman–Crippen MR) is 91.1 cm³/mol. The summed E-state index contributed by atoms with van der Waals surface area (Å²) >= 11 is 3.04. The molecule has 0 saturated heterocycles. The minimum Gasteiger partial charge on any atom is -0.444 e. The average Bonchev–Trinajstić information content (AvgIpc) is 2.45. The number of benzene rings is 1. The van der Waals surface area contributed by atoms with Gasteiger partial charge in [-0.15, -0.1) is 0 Å². The van der Waals surface area contributed by atoms with Gasteiger partial charge in [0.1, 0.15) is 17.2 Å². The van der Waals surface area contributed by atoms with Crippen molar-refractivity contribution in [3.8, 4) is 0 Å². The van der Waals surface area contributed by atoms with E-state index in [1.165, 1.54) is 17.0 Å². The Morgan fingerprint density at radius 2 is 1.79 bits per heavy atom. The molecule has 0 unspecified atom stereocenters. The molecule has 3 nitrogen and oxygen atoms in total. The zero-order valence-electron chi connectivity index (χ0n) is 14.2. The normalized spacial score (nSPS) is 11.5. The van der Waals surface area contributed by atoms with E-state index in [-0.39, 0.29) is 36.8 Å². The number of hydrogen-bond acceptors (Lipinski definition) is 2. The molecule has 0 heterocycles. The number of carbonyl (C=O) groups excluding carboxylic acids is 1. The Kier molecular flexibility index (Phi) is 8.06. The largest absolute Gasteiger partial charge is 0.444 e. The van der Waals surface area contributed by atoms with Gasteiger partial charge in [-0.25, -0.2) is 13.6 Å². The van der Waals surface area contributed by atoms with Crippen LogP contribution in [0, 0.1) is 11.6 Å². The van der Waals surface area contributed by atoms with Crippen molar-refractivity contribution in [3.63, 3.8) is 0 Å². The van der Waals surface area contributed by atoms with Gasteiger partial charge in [0.25, 0.3) is 0 Å². The Balaban J connectivity index is 2.79. The van der Waals surface area contributed by atoms with E-state index < -0.39 is 30.0 Å². The van der Waals surface area contributed by atoms with Crippen molar-refractivity contribution < 1.29 is 22.7 Å². The fourth-order valence-electron chi connectivity index (χ4n) is 2.06. The molecule has 24 heavy (non-hydrogen) atoms. The van der Waals surface area contributed by atoms with Crippen molar-refractivity contribution in [1.29, 1.82) is 0 Å². The van der Waals surface area contributed by atoms with E-state index in [0.29, 0.717) is 5.56 Å². The molecule has 1 rings (SSSR count). The first-order chi connectivity index (χ1) is 11.2. The third kappa shape index (κ3) is 6.71. The highest BCUT2D eigenvalue weighted by atomic mass is 79.9. The van der Waals surface area contributed by atoms with E-state index in [1.807, 2.05) is 0 Å². The van der Waals surface area contributed by atoms with Gasteiger partial charge >= 0.3 is 6.09 Å². The Morgan fingerprint density at radius 1 is 1.21 bits per heavy atom. The van der Waals surface area contributed by atoms with E-state index in [9.17, 15) is 18.0 Å². The fraction of sp³-hybridized carbons (Fsp3) is 0.588. The molecule has 0 aliphatic heterocycles. The second-order valence-corrected chi connectivity index (χ2v) is 6.99. The number of ether oxygens (including phenoxy) is 1. The van der Waals surface area contributed by atoms with Crippen LogP contribution in [0.15, 0.2) is 12.1 Å². The zero-order valence-corrected chi connectivity index (χ0v) is 15.8. The molecule has 136 valence electrons. The maximum atomic E-state index is 13.8. The smallest absolute Gasteiger partial charge is 0.410 e. The van der Waals surface area contributed by atoms with Crippen LogP contribution in [0.3, 0.4) is 0 Å². The van der Waals surface area contributed by atoms with Gasteiger partial charge < -0.3 is 9.64 Å². The van der Waals surface area contributed by atoms with Crippen molar-refractivity contribution in [2.24, 2.45) is 0 Å². The maximum absolute atomic E-state index is 13.8. The summed E-state index contributed by atoms with van der Waals surface area (Å²) in [5.41, 5.74) is -0.260. The Labute approximate surface area is 149 Å². The van der Waals surface area contributed by atoms with E-state index >= 15 is 0 Å². The highest BCUT2D eigenvalue weighted by Crippen LogP contribution is 2.19. The lowest BCUT2D eigenvalue weighted by atomic mass is 10.1. The summed E-state index contributed by atoms with van der Waals surface area (Å²) in [7, 11) is 0. The lowest BCUT2D eigenvalue weighted by molar-refractivity contribution is 0.0247. The molecule has 0 aromatic heterocycles. The maximum Gasteiger partial charge on any atom is 0.410 e. The second kappa shape index (κ2) is 9.30. The molecule has 0 N–H and O–H groups in total. The number of amides is 1. The molecular formula is C17H23BrF3NO2. The lowest BCUT2D eigenvalue weighted by Gasteiger charge is -2.27. The molecule has 0 fully saturated rings. The van der Waals surface area contributed by atoms with Crippen LogP contribution < -0.4 is 0 Å². The van der Waals surface area contributed by atoms with E-state index in [2.05, 4.69) is 15.9 Å². The molecule has 1 aromatic carbocycles. The van der Waals surface area contributed by atoms with Crippen molar-refractivity contribution in [2.75, 3.05) is 19.8 Å². The van der Waals surface area contributed by atoms with Crippen molar-refractivity contribution in [1.82, 2.24) is 4.90 Å². The highest BCUT2D eigenvalue weighted by Gasteiger charge is 2.22. The minimum absolute atomic E-state index is 0.0276. The van der Waals surface area contributed by atoms with Crippen LogP contribution >= 0.6 is 15.9 Å². The molecule has 1 amide bonds. The first-order valence-electron chi connectivity index (χ1n) is 7.74. The molecule has 0 bridgehead atoms. The molecule has 0 aliphatic carbocycles. The summed E-state index contributed by atoms with van der Waals surface area (Å²) in [5.74, 6) is -1.26. The van der Waals surface area contributed by atoms with Crippen molar-refractivity contribution >= 4 is 22.0 Å². The number of hydrogen-bond donors (Lipinski definition) is 0. The third-order valence-electron chi connectivity index (χ3n) is 3.22. The summed E-state index contributed by atoms with van der Waals surface area (Å²) in [4.78, 5) is 13.5. The first kappa shape index (κ1) is 20.8. The number of carbonyl (C=O) groups is 1. The molecule has 0 atom stereocenters. The molecular weight excluding hydrogens is 387 g/mol. The quantitative estimate of drug-likeness (QED) is 0.593. The van der Waals surface area contributed by atoms with E-state index in [1.54, 1.807) is 20.8 Å². The minimum atomic E-state index is -0.666. The number of rotatable bonds is 7. The monoisotopic (exact) mass is 409 g/mol. The van der Waals surface area contributed by atoms with Crippen LogP contribution in [0.4, 0.5) is 18.0 Å². The van der Waals surface area contributed by atoms with Crippen LogP contribution in [0.5, 0.6) is 0 Å². The summed E-state index contributed by atoms with van der Waals surface area (Å²) in [6.45, 7) is 5.05. The molecule has 0 aliphatic rings. The first-order valence-corrected chi connectivity index (χ1v) is 8.86. The Hall–Kier alpha value is -1.24. The number of nitrogens with zero attached hydrogens (tertiary/aromatic N) is 1. The van der Waals surface area contributed by atoms with Crippen LogP contribution in [-0.4, -0.2) is 36.4 Å². The van der Waals surface area contributed by atoms with Crippen LogP contribution in [0.1, 0.15) is 38.3 Å². The summed E-state index contributed by atoms with van der Waals surface area (Å²) < 4.78 is 45.3. The molecule has 0 saturated carbocycles. The summed E-state index contributed by atoms with van der Waals surface area (Å²) in [6, 6.07) is 2.50. The standard InChI is InChI=1S/C17H23BrF3NO2/c1-17(2,3)24-16(23)22(7-4-6-19)8-5-12-9-14(20)13(11-18)15(21)10-12/h9-10H,4-8,11H2,1-3H3. The van der Waals surface area contributed by atoms with Crippen molar-refractivity contribution in [3.05, 3.63) is 34.9 Å². The van der Waals surface area contributed by atoms with E-state index in [0.717, 1.165) is 0 Å². The highest BCUT2D eigenvalue weighted by molar-refractivity contribution is 9.08. The van der Waals surface area contributed by atoms with Gasteiger partial charge in [0.2, 0.25) is 0 Å². The van der Waals surface area contributed by atoms with E-state index in [4.69, 9.17) is 4.74 Å². The van der Waals surface area contributed by atoms with Gasteiger partial charge in [-0.3, -0.25) is 4.39 Å². The molecule has 0 radical (unpaired) electrons. The van der Waals surface area contributed by atoms with Gasteiger partial charge in [0.05, 0.1) is 6.67 Å². The second-order valence-electron chi connectivity index (χ2n) is 6.43.